The molecule has 4 heterocycles. The standard InChI is InChI=1S/C40H32N6/c1-40-25-13-12-19-31(40)30-18-6-11-24-36(30)46(40)39-42-37(44-32-20-7-2-14-26(32)27-15-3-8-21-33(27)44)41-38(43-39)45-34-22-9-4-16-28(34)29-17-5-10-23-35(29)45/h2-25,31,37-38,41H,1H3,(H,42,43). The Balaban J connectivity index is 1.24. The average molecular weight is 597 g/mol. The van der Waals surface area contributed by atoms with Gasteiger partial charge in [-0.1, -0.05) is 115 Å². The Kier molecular flexibility index (Phi) is 5.29. The number of aliphatic imine (C=N–C) groups is 1. The van der Waals surface area contributed by atoms with Crippen molar-refractivity contribution in [2.24, 2.45) is 4.99 Å². The number of nitrogens with zero attached hydrogens (tertiary/aromatic N) is 4. The molecule has 4 atom stereocenters. The fourth-order valence-electron chi connectivity index (χ4n) is 8.25. The summed E-state index contributed by atoms with van der Waals surface area (Å²) in [5.74, 6) is 1.06. The van der Waals surface area contributed by atoms with Gasteiger partial charge in [-0.05, 0) is 42.8 Å². The van der Waals surface area contributed by atoms with Gasteiger partial charge in [0.25, 0.3) is 0 Å². The molecule has 10 rings (SSSR count). The maximum Gasteiger partial charge on any atom is 0.205 e. The molecule has 6 nitrogen and oxygen atoms in total. The highest BCUT2D eigenvalue weighted by molar-refractivity contribution is 6.10. The summed E-state index contributed by atoms with van der Waals surface area (Å²) in [4.78, 5) is 8.00. The van der Waals surface area contributed by atoms with Gasteiger partial charge in [0.2, 0.25) is 5.96 Å². The molecule has 3 aliphatic rings. The smallest absolute Gasteiger partial charge is 0.205 e. The number of rotatable bonds is 2. The van der Waals surface area contributed by atoms with Crippen molar-refractivity contribution in [3.05, 3.63) is 151 Å². The number of allylic oxidation sites excluding steroid dienone is 2. The molecule has 5 aromatic carbocycles. The third-order valence-electron chi connectivity index (χ3n) is 10.2. The van der Waals surface area contributed by atoms with Crippen molar-refractivity contribution < 1.29 is 0 Å². The Bertz CT molecular complexity index is 2340. The van der Waals surface area contributed by atoms with Gasteiger partial charge in [0.1, 0.15) is 0 Å². The molecule has 2 N–H and O–H groups in total. The van der Waals surface area contributed by atoms with Crippen LogP contribution in [0.1, 0.15) is 31.0 Å². The molecule has 0 amide bonds. The lowest BCUT2D eigenvalue weighted by Crippen LogP contribution is -2.59. The van der Waals surface area contributed by atoms with E-state index in [-0.39, 0.29) is 24.0 Å². The van der Waals surface area contributed by atoms with E-state index in [9.17, 15) is 0 Å². The second-order valence-corrected chi connectivity index (χ2v) is 12.7. The lowest BCUT2D eigenvalue weighted by atomic mass is 9.81. The number of guanidine groups is 1. The van der Waals surface area contributed by atoms with Crippen LogP contribution in [0.4, 0.5) is 5.69 Å². The van der Waals surface area contributed by atoms with E-state index in [0.717, 1.165) is 17.0 Å². The van der Waals surface area contributed by atoms with Crippen LogP contribution in [0.25, 0.3) is 43.6 Å². The molecule has 0 fully saturated rings. The first kappa shape index (κ1) is 25.7. The van der Waals surface area contributed by atoms with Crippen molar-refractivity contribution in [1.82, 2.24) is 19.8 Å². The van der Waals surface area contributed by atoms with Crippen LogP contribution in [0.15, 0.2) is 151 Å². The first-order valence-electron chi connectivity index (χ1n) is 16.0. The van der Waals surface area contributed by atoms with Gasteiger partial charge in [0.15, 0.2) is 12.6 Å². The first-order valence-corrected chi connectivity index (χ1v) is 16.0. The summed E-state index contributed by atoms with van der Waals surface area (Å²) < 4.78 is 4.77. The molecular formula is C40H32N6. The van der Waals surface area contributed by atoms with E-state index in [1.807, 2.05) is 0 Å². The van der Waals surface area contributed by atoms with E-state index >= 15 is 0 Å². The predicted molar refractivity (Wildman–Crippen MR) is 189 cm³/mol. The number of nitrogens with one attached hydrogen (secondary N) is 2. The minimum atomic E-state index is -0.385. The molecule has 1 aliphatic carbocycles. The van der Waals surface area contributed by atoms with Crippen molar-refractivity contribution in [2.45, 2.75) is 31.0 Å². The van der Waals surface area contributed by atoms with Gasteiger partial charge in [-0.2, -0.15) is 0 Å². The zero-order valence-corrected chi connectivity index (χ0v) is 25.4. The molecular weight excluding hydrogens is 564 g/mol. The number of para-hydroxylation sites is 5. The normalized spacial score (nSPS) is 23.6. The van der Waals surface area contributed by atoms with Crippen LogP contribution in [0.5, 0.6) is 0 Å². The Morgan fingerprint density at radius 3 is 1.74 bits per heavy atom. The van der Waals surface area contributed by atoms with Crippen LogP contribution >= 0.6 is 0 Å². The van der Waals surface area contributed by atoms with Crippen molar-refractivity contribution >= 4 is 55.3 Å². The minimum absolute atomic E-state index is 0.214. The zero-order chi connectivity index (χ0) is 30.4. The second-order valence-electron chi connectivity index (χ2n) is 12.7. The predicted octanol–water partition coefficient (Wildman–Crippen LogP) is 8.55. The van der Waals surface area contributed by atoms with E-state index in [1.165, 1.54) is 43.8 Å². The van der Waals surface area contributed by atoms with Crippen molar-refractivity contribution in [2.75, 3.05) is 4.90 Å². The van der Waals surface area contributed by atoms with Gasteiger partial charge in [-0.3, -0.25) is 0 Å². The number of aromatic nitrogens is 2. The fraction of sp³-hybridized carbons (Fsp3) is 0.125. The van der Waals surface area contributed by atoms with Crippen LogP contribution in [0.2, 0.25) is 0 Å². The van der Waals surface area contributed by atoms with Gasteiger partial charge in [0.05, 0.1) is 27.6 Å². The van der Waals surface area contributed by atoms with Gasteiger partial charge >= 0.3 is 0 Å². The number of fused-ring (bicyclic) bond motifs is 9. The second kappa shape index (κ2) is 9.46. The van der Waals surface area contributed by atoms with E-state index in [1.54, 1.807) is 0 Å². The van der Waals surface area contributed by atoms with Gasteiger partial charge in [-0.25, -0.2) is 10.3 Å². The van der Waals surface area contributed by atoms with Crippen LogP contribution in [0.3, 0.4) is 0 Å². The summed E-state index contributed by atoms with van der Waals surface area (Å²) in [6, 6.07) is 43.5. The third kappa shape index (κ3) is 3.42. The molecule has 46 heavy (non-hydrogen) atoms. The van der Waals surface area contributed by atoms with E-state index < -0.39 is 0 Å². The highest BCUT2D eigenvalue weighted by atomic mass is 15.5. The van der Waals surface area contributed by atoms with Crippen molar-refractivity contribution in [3.63, 3.8) is 0 Å². The number of anilines is 1. The lowest BCUT2D eigenvalue weighted by Gasteiger charge is -2.43. The molecule has 4 unspecified atom stereocenters. The van der Waals surface area contributed by atoms with E-state index in [0.29, 0.717) is 0 Å². The topological polar surface area (TPSA) is 49.5 Å². The molecule has 7 aromatic rings. The summed E-state index contributed by atoms with van der Waals surface area (Å²) in [6.07, 6.45) is 8.33. The summed E-state index contributed by atoms with van der Waals surface area (Å²) in [5, 5.41) is 12.8. The highest BCUT2D eigenvalue weighted by Gasteiger charge is 2.49. The van der Waals surface area contributed by atoms with Crippen LogP contribution in [-0.2, 0) is 0 Å². The molecule has 0 spiro atoms. The quantitative estimate of drug-likeness (QED) is 0.210. The maximum atomic E-state index is 5.57. The third-order valence-corrected chi connectivity index (χ3v) is 10.2. The summed E-state index contributed by atoms with van der Waals surface area (Å²) in [5.41, 5.74) is 6.82. The molecule has 0 bridgehead atoms. The van der Waals surface area contributed by atoms with Gasteiger partial charge in [-0.15, -0.1) is 0 Å². The monoisotopic (exact) mass is 596 g/mol. The lowest BCUT2D eigenvalue weighted by molar-refractivity contribution is 0.278. The molecule has 0 saturated heterocycles. The summed E-state index contributed by atoms with van der Waals surface area (Å²) >= 11 is 0. The van der Waals surface area contributed by atoms with Crippen LogP contribution in [0, 0.1) is 0 Å². The molecule has 6 heteroatoms. The van der Waals surface area contributed by atoms with Crippen LogP contribution in [-0.4, -0.2) is 20.6 Å². The highest BCUT2D eigenvalue weighted by Crippen LogP contribution is 2.51. The Morgan fingerprint density at radius 2 is 1.13 bits per heavy atom. The number of benzene rings is 5. The first-order chi connectivity index (χ1) is 22.7. The fourth-order valence-corrected chi connectivity index (χ4v) is 8.25. The molecule has 2 aliphatic heterocycles. The minimum Gasteiger partial charge on any atom is -0.323 e. The Labute approximate surface area is 266 Å². The Hall–Kier alpha value is -5.59. The van der Waals surface area contributed by atoms with Crippen molar-refractivity contribution in [3.8, 4) is 0 Å². The van der Waals surface area contributed by atoms with Crippen molar-refractivity contribution in [1.29, 1.82) is 0 Å². The van der Waals surface area contributed by atoms with Gasteiger partial charge < -0.3 is 19.4 Å². The largest absolute Gasteiger partial charge is 0.323 e. The van der Waals surface area contributed by atoms with Gasteiger partial charge in [0, 0.05) is 33.2 Å². The number of hydrogen-bond acceptors (Lipinski definition) is 4. The molecule has 0 radical (unpaired) electrons. The SMILES string of the molecule is CC12C=CC=CC1c1ccccc1N2C1=NC(n2c3ccccc3c3ccccc32)NC(n2c3ccccc3c3ccccc32)N1. The number of hydrogen-bond donors (Lipinski definition) is 2. The summed E-state index contributed by atoms with van der Waals surface area (Å²) in [6.45, 7) is 2.33. The zero-order valence-electron chi connectivity index (χ0n) is 25.4. The molecule has 0 saturated carbocycles. The summed E-state index contributed by atoms with van der Waals surface area (Å²) in [7, 11) is 0. The Morgan fingerprint density at radius 1 is 0.609 bits per heavy atom. The van der Waals surface area contributed by atoms with E-state index in [4.69, 9.17) is 4.99 Å². The van der Waals surface area contributed by atoms with Crippen LogP contribution < -0.4 is 15.5 Å². The average Bonchev–Trinajstić information content (AvgIpc) is 3.71. The molecule has 2 aromatic heterocycles. The molecule has 222 valence electrons. The maximum absolute atomic E-state index is 5.57. The van der Waals surface area contributed by atoms with E-state index in [2.05, 4.69) is 177 Å².